The second-order valence-corrected chi connectivity index (χ2v) is 7.55. The Kier molecular flexibility index (Phi) is 8.94. The van der Waals surface area contributed by atoms with Crippen LogP contribution < -0.4 is 16.4 Å². The zero-order valence-corrected chi connectivity index (χ0v) is 16.4. The fourth-order valence-corrected chi connectivity index (χ4v) is 2.60. The molecule has 0 radical (unpaired) electrons. The van der Waals surface area contributed by atoms with Crippen molar-refractivity contribution in [1.82, 2.24) is 10.6 Å². The van der Waals surface area contributed by atoms with Crippen LogP contribution in [0.15, 0.2) is 30.3 Å². The lowest BCUT2D eigenvalue weighted by Gasteiger charge is -2.25. The molecule has 0 fully saturated rings. The summed E-state index contributed by atoms with van der Waals surface area (Å²) in [7, 11) is 0. The van der Waals surface area contributed by atoms with Crippen LogP contribution in [-0.2, 0) is 20.8 Å². The molecule has 7 nitrogen and oxygen atoms in total. The van der Waals surface area contributed by atoms with Gasteiger partial charge in [0.25, 0.3) is 0 Å². The SMILES string of the molecule is CC(C)CC(NC(=O)C(N)C(C)C)C(=O)NC(Cc1ccccc1)C(=O)O. The molecular formula is C20H31N3O4. The first-order valence-electron chi connectivity index (χ1n) is 9.24. The van der Waals surface area contributed by atoms with Crippen LogP contribution >= 0.6 is 0 Å². The molecule has 7 heteroatoms. The van der Waals surface area contributed by atoms with Crippen molar-refractivity contribution in [2.75, 3.05) is 0 Å². The largest absolute Gasteiger partial charge is 0.480 e. The molecule has 2 amide bonds. The second kappa shape index (κ2) is 10.7. The average Bonchev–Trinajstić information content (AvgIpc) is 2.59. The highest BCUT2D eigenvalue weighted by molar-refractivity contribution is 5.91. The quantitative estimate of drug-likeness (QED) is 0.490. The fourth-order valence-electron chi connectivity index (χ4n) is 2.60. The molecule has 0 aliphatic heterocycles. The molecule has 0 aliphatic carbocycles. The van der Waals surface area contributed by atoms with Gasteiger partial charge in [-0.1, -0.05) is 58.0 Å². The molecule has 5 N–H and O–H groups in total. The molecular weight excluding hydrogens is 346 g/mol. The Balaban J connectivity index is 2.85. The minimum Gasteiger partial charge on any atom is -0.480 e. The van der Waals surface area contributed by atoms with Gasteiger partial charge < -0.3 is 21.5 Å². The van der Waals surface area contributed by atoms with Gasteiger partial charge in [-0.15, -0.1) is 0 Å². The summed E-state index contributed by atoms with van der Waals surface area (Å²) in [4.78, 5) is 36.5. The maximum Gasteiger partial charge on any atom is 0.326 e. The van der Waals surface area contributed by atoms with E-state index >= 15 is 0 Å². The molecule has 0 bridgehead atoms. The van der Waals surface area contributed by atoms with Crippen molar-refractivity contribution in [3.05, 3.63) is 35.9 Å². The number of amides is 2. The molecule has 150 valence electrons. The minimum atomic E-state index is -1.12. The number of benzene rings is 1. The number of hydrogen-bond donors (Lipinski definition) is 4. The second-order valence-electron chi connectivity index (χ2n) is 7.55. The predicted molar refractivity (Wildman–Crippen MR) is 104 cm³/mol. The Bertz CT molecular complexity index is 631. The highest BCUT2D eigenvalue weighted by Gasteiger charge is 2.29. The highest BCUT2D eigenvalue weighted by atomic mass is 16.4. The van der Waals surface area contributed by atoms with Crippen molar-refractivity contribution in [2.45, 2.75) is 58.7 Å². The van der Waals surface area contributed by atoms with E-state index < -0.39 is 35.9 Å². The lowest BCUT2D eigenvalue weighted by Crippen LogP contribution is -2.55. The van der Waals surface area contributed by atoms with E-state index in [0.29, 0.717) is 6.42 Å². The molecule has 1 aromatic rings. The lowest BCUT2D eigenvalue weighted by molar-refractivity contribution is -0.142. The van der Waals surface area contributed by atoms with E-state index in [1.807, 2.05) is 45.9 Å². The summed E-state index contributed by atoms with van der Waals surface area (Å²) in [6.07, 6.45) is 0.551. The zero-order chi connectivity index (χ0) is 20.6. The smallest absolute Gasteiger partial charge is 0.326 e. The Hall–Kier alpha value is -2.41. The van der Waals surface area contributed by atoms with E-state index in [9.17, 15) is 19.5 Å². The number of carbonyl (C=O) groups is 3. The van der Waals surface area contributed by atoms with Crippen LogP contribution in [0.2, 0.25) is 0 Å². The standard InChI is InChI=1S/C20H31N3O4/c1-12(2)10-15(22-19(25)17(21)13(3)4)18(24)23-16(20(26)27)11-14-8-6-5-7-9-14/h5-9,12-13,15-17H,10-11,21H2,1-4H3,(H,22,25)(H,23,24)(H,26,27). The average molecular weight is 377 g/mol. The zero-order valence-electron chi connectivity index (χ0n) is 16.4. The first-order valence-corrected chi connectivity index (χ1v) is 9.24. The van der Waals surface area contributed by atoms with E-state index in [4.69, 9.17) is 5.73 Å². The normalized spacial score (nSPS) is 14.5. The van der Waals surface area contributed by atoms with Gasteiger partial charge >= 0.3 is 5.97 Å². The Labute approximate surface area is 160 Å². The van der Waals surface area contributed by atoms with Crippen LogP contribution in [0.5, 0.6) is 0 Å². The van der Waals surface area contributed by atoms with Crippen LogP contribution in [0, 0.1) is 11.8 Å². The van der Waals surface area contributed by atoms with E-state index in [2.05, 4.69) is 10.6 Å². The topological polar surface area (TPSA) is 122 Å². The maximum absolute atomic E-state index is 12.7. The van der Waals surface area contributed by atoms with Gasteiger partial charge in [-0.2, -0.15) is 0 Å². The third-order valence-corrected chi connectivity index (χ3v) is 4.26. The summed E-state index contributed by atoms with van der Waals surface area (Å²) >= 11 is 0. The highest BCUT2D eigenvalue weighted by Crippen LogP contribution is 2.09. The number of carbonyl (C=O) groups excluding carboxylic acids is 2. The van der Waals surface area contributed by atoms with Crippen molar-refractivity contribution in [2.24, 2.45) is 17.6 Å². The number of nitrogens with two attached hydrogens (primary N) is 1. The Morgan fingerprint density at radius 3 is 2.00 bits per heavy atom. The lowest BCUT2D eigenvalue weighted by atomic mass is 9.99. The summed E-state index contributed by atoms with van der Waals surface area (Å²) < 4.78 is 0. The maximum atomic E-state index is 12.7. The van der Waals surface area contributed by atoms with E-state index in [0.717, 1.165) is 5.56 Å². The number of rotatable bonds is 10. The van der Waals surface area contributed by atoms with Gasteiger partial charge in [-0.25, -0.2) is 4.79 Å². The molecule has 0 aliphatic rings. The number of aliphatic carboxylic acids is 1. The van der Waals surface area contributed by atoms with Gasteiger partial charge in [0.15, 0.2) is 0 Å². The Morgan fingerprint density at radius 1 is 0.963 bits per heavy atom. The van der Waals surface area contributed by atoms with Crippen molar-refractivity contribution >= 4 is 17.8 Å². The molecule has 0 saturated carbocycles. The first kappa shape index (κ1) is 22.6. The van der Waals surface area contributed by atoms with Crippen molar-refractivity contribution in [3.63, 3.8) is 0 Å². The van der Waals surface area contributed by atoms with Gasteiger partial charge in [-0.05, 0) is 23.8 Å². The van der Waals surface area contributed by atoms with Crippen LogP contribution in [0.3, 0.4) is 0 Å². The molecule has 0 saturated heterocycles. The Morgan fingerprint density at radius 2 is 1.52 bits per heavy atom. The summed E-state index contributed by atoms with van der Waals surface area (Å²) in [5.74, 6) is -2.00. The van der Waals surface area contributed by atoms with Gasteiger partial charge in [-0.3, -0.25) is 9.59 Å². The minimum absolute atomic E-state index is 0.0717. The van der Waals surface area contributed by atoms with Crippen LogP contribution in [0.4, 0.5) is 0 Å². The van der Waals surface area contributed by atoms with E-state index in [1.165, 1.54) is 0 Å². The fraction of sp³-hybridized carbons (Fsp3) is 0.550. The number of carboxylic acids is 1. The van der Waals surface area contributed by atoms with Crippen LogP contribution in [-0.4, -0.2) is 41.0 Å². The molecule has 3 unspecified atom stereocenters. The van der Waals surface area contributed by atoms with E-state index in [-0.39, 0.29) is 18.3 Å². The van der Waals surface area contributed by atoms with Crippen molar-refractivity contribution in [1.29, 1.82) is 0 Å². The summed E-state index contributed by atoms with van der Waals surface area (Å²) in [6, 6.07) is 6.42. The van der Waals surface area contributed by atoms with Gasteiger partial charge in [0.1, 0.15) is 12.1 Å². The van der Waals surface area contributed by atoms with Crippen molar-refractivity contribution in [3.8, 4) is 0 Å². The predicted octanol–water partition coefficient (Wildman–Crippen LogP) is 1.31. The first-order chi connectivity index (χ1) is 12.6. The van der Waals surface area contributed by atoms with Crippen molar-refractivity contribution < 1.29 is 19.5 Å². The number of nitrogens with one attached hydrogen (secondary N) is 2. The third-order valence-electron chi connectivity index (χ3n) is 4.26. The van der Waals surface area contributed by atoms with Gasteiger partial charge in [0, 0.05) is 6.42 Å². The molecule has 0 aromatic heterocycles. The summed E-state index contributed by atoms with van der Waals surface area (Å²) in [5.41, 5.74) is 6.66. The van der Waals surface area contributed by atoms with Gasteiger partial charge in [0.2, 0.25) is 11.8 Å². The van der Waals surface area contributed by atoms with Crippen LogP contribution in [0.1, 0.15) is 39.7 Å². The third kappa shape index (κ3) is 7.78. The molecule has 0 spiro atoms. The number of hydrogen-bond acceptors (Lipinski definition) is 4. The molecule has 1 aromatic carbocycles. The number of carboxylic acid groups (broad SMARTS) is 1. The summed E-state index contributed by atoms with van der Waals surface area (Å²) in [6.45, 7) is 7.49. The summed E-state index contributed by atoms with van der Waals surface area (Å²) in [5, 5.41) is 14.7. The molecule has 27 heavy (non-hydrogen) atoms. The monoisotopic (exact) mass is 377 g/mol. The molecule has 3 atom stereocenters. The van der Waals surface area contributed by atoms with Crippen LogP contribution in [0.25, 0.3) is 0 Å². The molecule has 1 rings (SSSR count). The van der Waals surface area contributed by atoms with Gasteiger partial charge in [0.05, 0.1) is 6.04 Å². The van der Waals surface area contributed by atoms with E-state index in [1.54, 1.807) is 12.1 Å². The molecule has 0 heterocycles.